The lowest BCUT2D eigenvalue weighted by Crippen LogP contribution is -2.36. The molecule has 2 aromatic carbocycles. The predicted octanol–water partition coefficient (Wildman–Crippen LogP) is 3.19. The third-order valence-electron chi connectivity index (χ3n) is 6.01. The topological polar surface area (TPSA) is 133 Å². The quantitative estimate of drug-likeness (QED) is 0.297. The van der Waals surface area contributed by atoms with Gasteiger partial charge in [0, 0.05) is 43.0 Å². The molecule has 10 nitrogen and oxygen atoms in total. The van der Waals surface area contributed by atoms with Crippen molar-refractivity contribution in [3.63, 3.8) is 0 Å². The Kier molecular flexibility index (Phi) is 6.56. The third kappa shape index (κ3) is 4.14. The summed E-state index contributed by atoms with van der Waals surface area (Å²) in [5, 5.41) is 33.2. The molecule has 0 spiro atoms. The Morgan fingerprint density at radius 2 is 1.71 bits per heavy atom. The number of aliphatic hydroxyl groups excluding tert-OH is 2. The van der Waals surface area contributed by atoms with E-state index in [0.717, 1.165) is 4.57 Å². The molecular formula is C23H20Cl2N4O6. The predicted molar refractivity (Wildman–Crippen MR) is 132 cm³/mol. The maximum absolute atomic E-state index is 13.2. The number of nitro groups is 1. The second-order valence-corrected chi connectivity index (χ2v) is 8.86. The summed E-state index contributed by atoms with van der Waals surface area (Å²) >= 11 is 12.5. The SMILES string of the molecule is Cn1c(=O)c2c(-c3ccc(Cl)cc3Cl)n(C(CO)C(O)c3ccc([N+](=O)[O-])cc3)cc2n(C)c1=O. The number of nitrogens with zero attached hydrogens (tertiary/aromatic N) is 4. The molecule has 0 fully saturated rings. The summed E-state index contributed by atoms with van der Waals surface area (Å²) in [5.74, 6) is 0. The number of hydrogen-bond donors (Lipinski definition) is 2. The Labute approximate surface area is 208 Å². The minimum absolute atomic E-state index is 0.152. The molecule has 2 N–H and O–H groups in total. The van der Waals surface area contributed by atoms with Crippen LogP contribution in [-0.2, 0) is 14.1 Å². The Morgan fingerprint density at radius 1 is 1.06 bits per heavy atom. The fourth-order valence-corrected chi connectivity index (χ4v) is 4.63. The number of rotatable bonds is 6. The molecule has 2 heterocycles. The summed E-state index contributed by atoms with van der Waals surface area (Å²) in [6.07, 6.45) is 0.168. The number of hydrogen-bond acceptors (Lipinski definition) is 6. The van der Waals surface area contributed by atoms with Gasteiger partial charge in [-0.05, 0) is 35.9 Å². The summed E-state index contributed by atoms with van der Waals surface area (Å²) in [6, 6.07) is 8.91. The van der Waals surface area contributed by atoms with Crippen LogP contribution in [0.2, 0.25) is 10.0 Å². The highest BCUT2D eigenvalue weighted by molar-refractivity contribution is 6.36. The molecule has 4 rings (SSSR count). The van der Waals surface area contributed by atoms with E-state index < -0.39 is 34.9 Å². The van der Waals surface area contributed by atoms with Crippen LogP contribution in [0.1, 0.15) is 17.7 Å². The molecule has 35 heavy (non-hydrogen) atoms. The lowest BCUT2D eigenvalue weighted by molar-refractivity contribution is -0.384. The summed E-state index contributed by atoms with van der Waals surface area (Å²) in [5.41, 5.74) is -0.0283. The summed E-state index contributed by atoms with van der Waals surface area (Å²) in [6.45, 7) is -0.564. The first-order valence-corrected chi connectivity index (χ1v) is 11.1. The van der Waals surface area contributed by atoms with Gasteiger partial charge in [-0.1, -0.05) is 23.2 Å². The number of aromatic nitrogens is 3. The van der Waals surface area contributed by atoms with Gasteiger partial charge < -0.3 is 14.8 Å². The van der Waals surface area contributed by atoms with Crippen LogP contribution in [0, 0.1) is 10.1 Å². The first kappa shape index (κ1) is 24.7. The highest BCUT2D eigenvalue weighted by atomic mass is 35.5. The zero-order valence-corrected chi connectivity index (χ0v) is 20.1. The fourth-order valence-electron chi connectivity index (χ4n) is 4.13. The molecule has 12 heteroatoms. The van der Waals surface area contributed by atoms with Crippen LogP contribution in [0.5, 0.6) is 0 Å². The van der Waals surface area contributed by atoms with Crippen molar-refractivity contribution in [3.8, 4) is 11.3 Å². The molecule has 0 aliphatic heterocycles. The maximum atomic E-state index is 13.2. The zero-order valence-electron chi connectivity index (χ0n) is 18.6. The van der Waals surface area contributed by atoms with Gasteiger partial charge >= 0.3 is 5.69 Å². The minimum atomic E-state index is -1.33. The van der Waals surface area contributed by atoms with E-state index in [1.54, 1.807) is 12.1 Å². The van der Waals surface area contributed by atoms with E-state index >= 15 is 0 Å². The number of nitro benzene ring substituents is 1. The van der Waals surface area contributed by atoms with E-state index in [2.05, 4.69) is 0 Å². The van der Waals surface area contributed by atoms with Crippen molar-refractivity contribution in [1.82, 2.24) is 13.7 Å². The second-order valence-electron chi connectivity index (χ2n) is 8.02. The summed E-state index contributed by atoms with van der Waals surface area (Å²) in [7, 11) is 2.85. The molecular weight excluding hydrogens is 499 g/mol. The van der Waals surface area contributed by atoms with Gasteiger partial charge in [0.05, 0.1) is 39.2 Å². The number of non-ortho nitro benzene ring substituents is 1. The molecule has 2 unspecified atom stereocenters. The molecule has 0 saturated heterocycles. The van der Waals surface area contributed by atoms with E-state index in [-0.39, 0.29) is 27.3 Å². The van der Waals surface area contributed by atoms with E-state index in [4.69, 9.17) is 23.2 Å². The molecule has 0 saturated carbocycles. The highest BCUT2D eigenvalue weighted by Crippen LogP contribution is 2.39. The van der Waals surface area contributed by atoms with Crippen LogP contribution in [0.15, 0.2) is 58.3 Å². The monoisotopic (exact) mass is 518 g/mol. The van der Waals surface area contributed by atoms with Gasteiger partial charge in [0.2, 0.25) is 0 Å². The Balaban J connectivity index is 2.02. The van der Waals surface area contributed by atoms with Gasteiger partial charge in [-0.15, -0.1) is 0 Å². The average Bonchev–Trinajstić information content (AvgIpc) is 3.22. The zero-order chi connectivity index (χ0) is 25.6. The standard InChI is InChI=1S/C23H20Cl2N4O6/c1-26-17-10-28(18(11-30)21(31)12-3-6-14(7-4-12)29(34)35)20(15-8-5-13(24)9-16(15)25)19(17)22(32)27(2)23(26)33/h3-10,18,21,30-31H,11H2,1-2H3. The number of aliphatic hydroxyl groups is 2. The fraction of sp³-hybridized carbons (Fsp3) is 0.217. The molecule has 0 bridgehead atoms. The Bertz CT molecular complexity index is 1570. The molecule has 0 aliphatic rings. The second kappa shape index (κ2) is 9.31. The number of benzene rings is 2. The van der Waals surface area contributed by atoms with Gasteiger partial charge in [-0.3, -0.25) is 24.0 Å². The first-order chi connectivity index (χ1) is 16.6. The van der Waals surface area contributed by atoms with Crippen molar-refractivity contribution in [2.45, 2.75) is 12.1 Å². The van der Waals surface area contributed by atoms with Gasteiger partial charge in [-0.25, -0.2) is 4.79 Å². The van der Waals surface area contributed by atoms with Gasteiger partial charge in [0.25, 0.3) is 11.2 Å². The van der Waals surface area contributed by atoms with Crippen LogP contribution >= 0.6 is 23.2 Å². The lowest BCUT2D eigenvalue weighted by atomic mass is 10.0. The average molecular weight is 519 g/mol. The molecule has 4 aromatic rings. The molecule has 0 amide bonds. The summed E-state index contributed by atoms with van der Waals surface area (Å²) < 4.78 is 3.74. The van der Waals surface area contributed by atoms with Crippen LogP contribution in [-0.4, -0.2) is 35.4 Å². The molecule has 0 aliphatic carbocycles. The largest absolute Gasteiger partial charge is 0.394 e. The van der Waals surface area contributed by atoms with Crippen molar-refractivity contribution >= 4 is 39.8 Å². The first-order valence-electron chi connectivity index (χ1n) is 10.4. The van der Waals surface area contributed by atoms with E-state index in [1.807, 2.05) is 0 Å². The minimum Gasteiger partial charge on any atom is -0.394 e. The molecule has 2 atom stereocenters. The molecule has 182 valence electrons. The third-order valence-corrected chi connectivity index (χ3v) is 6.55. The van der Waals surface area contributed by atoms with Crippen molar-refractivity contribution in [3.05, 3.63) is 95.2 Å². The maximum Gasteiger partial charge on any atom is 0.330 e. The van der Waals surface area contributed by atoms with Crippen LogP contribution < -0.4 is 11.2 Å². The molecule has 2 aromatic heterocycles. The molecule has 0 radical (unpaired) electrons. The summed E-state index contributed by atoms with van der Waals surface area (Å²) in [4.78, 5) is 36.2. The van der Waals surface area contributed by atoms with Crippen LogP contribution in [0.4, 0.5) is 5.69 Å². The Morgan fingerprint density at radius 3 is 2.29 bits per heavy atom. The van der Waals surface area contributed by atoms with Crippen LogP contribution in [0.3, 0.4) is 0 Å². The smallest absolute Gasteiger partial charge is 0.330 e. The van der Waals surface area contributed by atoms with E-state index in [9.17, 15) is 29.9 Å². The number of halogens is 2. The van der Waals surface area contributed by atoms with Gasteiger partial charge in [0.15, 0.2) is 0 Å². The Hall–Kier alpha value is -3.44. The van der Waals surface area contributed by atoms with E-state index in [0.29, 0.717) is 16.1 Å². The highest BCUT2D eigenvalue weighted by Gasteiger charge is 2.29. The van der Waals surface area contributed by atoms with Gasteiger partial charge in [-0.2, -0.15) is 0 Å². The van der Waals surface area contributed by atoms with Crippen molar-refractivity contribution in [1.29, 1.82) is 0 Å². The number of aryl methyl sites for hydroxylation is 1. The normalized spacial score (nSPS) is 13.2. The number of fused-ring (bicyclic) bond motifs is 1. The van der Waals surface area contributed by atoms with Crippen molar-refractivity contribution < 1.29 is 15.1 Å². The van der Waals surface area contributed by atoms with Crippen LogP contribution in [0.25, 0.3) is 22.2 Å². The van der Waals surface area contributed by atoms with Gasteiger partial charge in [0.1, 0.15) is 6.10 Å². The van der Waals surface area contributed by atoms with Crippen molar-refractivity contribution in [2.75, 3.05) is 6.61 Å². The van der Waals surface area contributed by atoms with Crippen molar-refractivity contribution in [2.24, 2.45) is 14.1 Å². The van der Waals surface area contributed by atoms with E-state index in [1.165, 1.54) is 59.8 Å². The lowest BCUT2D eigenvalue weighted by Gasteiger charge is -2.25.